The van der Waals surface area contributed by atoms with Gasteiger partial charge in [0.15, 0.2) is 5.75 Å². The van der Waals surface area contributed by atoms with Gasteiger partial charge in [-0.25, -0.2) is 8.42 Å². The van der Waals surface area contributed by atoms with Crippen molar-refractivity contribution >= 4 is 26.7 Å². The lowest BCUT2D eigenvalue weighted by molar-refractivity contribution is -0.146. The van der Waals surface area contributed by atoms with Gasteiger partial charge in [0.25, 0.3) is 0 Å². The summed E-state index contributed by atoms with van der Waals surface area (Å²) in [5.41, 5.74) is 0.703. The summed E-state index contributed by atoms with van der Waals surface area (Å²) in [6.45, 7) is 0. The molecule has 0 aliphatic rings. The number of alkyl halides is 6. The Morgan fingerprint density at radius 3 is 1.98 bits per heavy atom. The fraction of sp³-hybridized carbons (Fsp3) is 0.160. The average Bonchev–Trinajstić information content (AvgIpc) is 3.31. The summed E-state index contributed by atoms with van der Waals surface area (Å²) in [5.74, 6) is -3.68. The monoisotopic (exact) mass is 588 g/mol. The first-order chi connectivity index (χ1) is 18.5. The van der Waals surface area contributed by atoms with Gasteiger partial charge in [-0.05, 0) is 60.2 Å². The van der Waals surface area contributed by atoms with Crippen LogP contribution in [-0.4, -0.2) is 31.6 Å². The number of aliphatic carboxylic acids is 1. The first kappa shape index (κ1) is 28.8. The van der Waals surface area contributed by atoms with Crippen LogP contribution in [0.3, 0.4) is 0 Å². The topological polar surface area (TPSA) is 132 Å². The predicted molar refractivity (Wildman–Crippen MR) is 128 cm³/mol. The van der Waals surface area contributed by atoms with Crippen molar-refractivity contribution < 1.29 is 54.1 Å². The van der Waals surface area contributed by atoms with E-state index in [-0.39, 0.29) is 32.8 Å². The Morgan fingerprint density at radius 2 is 1.48 bits per heavy atom. The molecule has 0 amide bonds. The van der Waals surface area contributed by atoms with Crippen LogP contribution in [0.4, 0.5) is 26.3 Å². The number of hydrogen-bond donors (Lipinski definition) is 3. The number of carbonyl (C=O) groups is 1. The highest BCUT2D eigenvalue weighted by Crippen LogP contribution is 2.47. The number of rotatable bonds is 7. The Morgan fingerprint density at radius 1 is 0.925 bits per heavy atom. The predicted octanol–water partition coefficient (Wildman–Crippen LogP) is 5.92. The fourth-order valence-corrected chi connectivity index (χ4v) is 5.28. The molecule has 15 heteroatoms. The summed E-state index contributed by atoms with van der Waals surface area (Å²) in [6, 6.07) is 6.70. The minimum absolute atomic E-state index is 0.0695. The quantitative estimate of drug-likeness (QED) is 0.228. The first-order valence-corrected chi connectivity index (χ1v) is 12.5. The molecule has 0 aliphatic heterocycles. The van der Waals surface area contributed by atoms with E-state index in [0.29, 0.717) is 5.75 Å². The second-order valence-electron chi connectivity index (χ2n) is 8.40. The second kappa shape index (κ2) is 10.1. The molecule has 0 saturated carbocycles. The summed E-state index contributed by atoms with van der Waals surface area (Å²) in [6.07, 6.45) is -9.70. The zero-order chi connectivity index (χ0) is 29.6. The zero-order valence-electron chi connectivity index (χ0n) is 20.1. The molecule has 0 aliphatic carbocycles. The number of carboxylic acid groups (broad SMARTS) is 1. The van der Waals surface area contributed by atoms with Crippen molar-refractivity contribution in [1.82, 2.24) is 4.98 Å². The lowest BCUT2D eigenvalue weighted by Crippen LogP contribution is -2.23. The Kier molecular flexibility index (Phi) is 7.23. The molecule has 1 heterocycles. The number of methoxy groups -OCH3 is 1. The van der Waals surface area contributed by atoms with Gasteiger partial charge < -0.3 is 25.3 Å². The lowest BCUT2D eigenvalue weighted by Gasteiger charge is -2.21. The molecule has 4 aromatic rings. The summed E-state index contributed by atoms with van der Waals surface area (Å²) in [4.78, 5) is 13.4. The number of ether oxygens (including phenoxy) is 2. The number of nitrogens with two attached hydrogens (primary N) is 1. The van der Waals surface area contributed by atoms with Gasteiger partial charge >= 0.3 is 18.3 Å². The molecule has 0 radical (unpaired) electrons. The van der Waals surface area contributed by atoms with E-state index in [4.69, 9.17) is 20.3 Å². The van der Waals surface area contributed by atoms with Crippen molar-refractivity contribution in [3.63, 3.8) is 0 Å². The zero-order valence-corrected chi connectivity index (χ0v) is 20.9. The number of aromatic amines is 1. The van der Waals surface area contributed by atoms with Gasteiger partial charge in [-0.2, -0.15) is 26.3 Å². The van der Waals surface area contributed by atoms with Crippen molar-refractivity contribution in [2.75, 3.05) is 7.11 Å². The molecular weight excluding hydrogens is 570 g/mol. The summed E-state index contributed by atoms with van der Waals surface area (Å²) in [5, 5.41) is 8.96. The molecule has 1 atom stereocenters. The van der Waals surface area contributed by atoms with Gasteiger partial charge in [-0.1, -0.05) is 0 Å². The Bertz CT molecular complexity index is 1660. The minimum Gasteiger partial charge on any atom is -0.497 e. The minimum atomic E-state index is -5.41. The second-order valence-corrected chi connectivity index (χ2v) is 10.3. The summed E-state index contributed by atoms with van der Waals surface area (Å²) < 4.78 is 120. The van der Waals surface area contributed by atoms with Crippen LogP contribution in [0.5, 0.6) is 17.2 Å². The molecule has 3 aromatic carbocycles. The van der Waals surface area contributed by atoms with Crippen LogP contribution >= 0.6 is 0 Å². The van der Waals surface area contributed by atoms with Crippen molar-refractivity contribution in [3.05, 3.63) is 77.5 Å². The standard InChI is InChI=1S/C25H18F6N2O6S/c1-38-13-2-5-15(6-3-13)40(36,37)20-11-33-19-7-4-14(10-16(19)20)39-22-17(24(26,27)28)8-12(21(32)23(34)35)9-18(22)25(29,30)31/h2-11,21,33H,32H2,1H3,(H,34,35)/t21-/m0/s1. The van der Waals surface area contributed by atoms with E-state index in [0.717, 1.165) is 18.3 Å². The molecule has 8 nitrogen and oxygen atoms in total. The van der Waals surface area contributed by atoms with E-state index in [1.54, 1.807) is 0 Å². The number of nitrogens with one attached hydrogen (secondary N) is 1. The van der Waals surface area contributed by atoms with Crippen molar-refractivity contribution in [1.29, 1.82) is 0 Å². The van der Waals surface area contributed by atoms with E-state index >= 15 is 0 Å². The third-order valence-corrected chi connectivity index (χ3v) is 7.65. The van der Waals surface area contributed by atoms with E-state index in [2.05, 4.69) is 4.98 Å². The highest BCUT2D eigenvalue weighted by Gasteiger charge is 2.43. The van der Waals surface area contributed by atoms with Gasteiger partial charge in [-0.15, -0.1) is 0 Å². The fourth-order valence-electron chi connectivity index (χ4n) is 3.86. The molecule has 0 unspecified atom stereocenters. The van der Waals surface area contributed by atoms with Gasteiger partial charge in [0, 0.05) is 17.1 Å². The van der Waals surface area contributed by atoms with Gasteiger partial charge in [0.1, 0.15) is 17.5 Å². The van der Waals surface area contributed by atoms with Crippen molar-refractivity contribution in [2.24, 2.45) is 5.73 Å². The molecule has 4 N–H and O–H groups in total. The molecule has 4 rings (SSSR count). The third-order valence-electron chi connectivity index (χ3n) is 5.84. The largest absolute Gasteiger partial charge is 0.497 e. The highest BCUT2D eigenvalue weighted by molar-refractivity contribution is 7.91. The molecule has 212 valence electrons. The number of sulfone groups is 1. The number of benzene rings is 3. The smallest absolute Gasteiger partial charge is 0.420 e. The summed E-state index contributed by atoms with van der Waals surface area (Å²) in [7, 11) is -2.81. The molecular formula is C25H18F6N2O6S. The number of fused-ring (bicyclic) bond motifs is 1. The SMILES string of the molecule is COc1ccc(S(=O)(=O)c2c[nH]c3ccc(Oc4c(C(F)(F)F)cc([C@H](N)C(=O)O)cc4C(F)(F)F)cc23)cc1. The molecule has 40 heavy (non-hydrogen) atoms. The van der Waals surface area contributed by atoms with Crippen LogP contribution in [0.15, 0.2) is 70.6 Å². The van der Waals surface area contributed by atoms with E-state index in [9.17, 15) is 39.6 Å². The Balaban J connectivity index is 1.87. The van der Waals surface area contributed by atoms with Crippen LogP contribution < -0.4 is 15.2 Å². The van der Waals surface area contributed by atoms with E-state index < -0.39 is 62.4 Å². The maximum atomic E-state index is 13.9. The van der Waals surface area contributed by atoms with E-state index in [1.807, 2.05) is 0 Å². The number of aromatic nitrogens is 1. The van der Waals surface area contributed by atoms with Crippen LogP contribution in [0.25, 0.3) is 10.9 Å². The number of hydrogen-bond acceptors (Lipinski definition) is 6. The molecule has 0 bridgehead atoms. The Labute approximate surface area is 221 Å². The maximum Gasteiger partial charge on any atom is 0.420 e. The van der Waals surface area contributed by atoms with Crippen molar-refractivity contribution in [3.8, 4) is 17.2 Å². The van der Waals surface area contributed by atoms with Crippen LogP contribution in [0.1, 0.15) is 22.7 Å². The first-order valence-electron chi connectivity index (χ1n) is 11.0. The number of carboxylic acids is 1. The van der Waals surface area contributed by atoms with Gasteiger partial charge in [0.05, 0.1) is 28.0 Å². The van der Waals surface area contributed by atoms with Crippen molar-refractivity contribution in [2.45, 2.75) is 28.2 Å². The van der Waals surface area contributed by atoms with Crippen LogP contribution in [-0.2, 0) is 27.0 Å². The molecule has 0 spiro atoms. The van der Waals surface area contributed by atoms with E-state index in [1.165, 1.54) is 37.4 Å². The number of H-pyrrole nitrogens is 1. The molecule has 0 saturated heterocycles. The maximum absolute atomic E-state index is 13.9. The molecule has 1 aromatic heterocycles. The van der Waals surface area contributed by atoms with Crippen LogP contribution in [0.2, 0.25) is 0 Å². The van der Waals surface area contributed by atoms with Gasteiger partial charge in [0.2, 0.25) is 9.84 Å². The van der Waals surface area contributed by atoms with Crippen LogP contribution in [0, 0.1) is 0 Å². The normalized spacial score (nSPS) is 13.3. The Hall–Kier alpha value is -4.24. The highest BCUT2D eigenvalue weighted by atomic mass is 32.2. The third kappa shape index (κ3) is 5.42. The average molecular weight is 588 g/mol. The lowest BCUT2D eigenvalue weighted by atomic mass is 9.98. The summed E-state index contributed by atoms with van der Waals surface area (Å²) >= 11 is 0. The number of halogens is 6. The molecule has 0 fully saturated rings. The van der Waals surface area contributed by atoms with Gasteiger partial charge in [-0.3, -0.25) is 4.79 Å².